The molecule has 0 bridgehead atoms. The number of ether oxygens (including phenoxy) is 1. The Hall–Kier alpha value is -3.63. The Morgan fingerprint density at radius 3 is 2.76 bits per heavy atom. The average molecular weight is 513 g/mol. The number of aliphatic hydroxyl groups excluding tert-OH is 1. The molecule has 5 N–H and O–H groups in total. The number of benzene rings is 1. The number of pyridine rings is 2. The summed E-state index contributed by atoms with van der Waals surface area (Å²) in [5, 5.41) is 24.1. The lowest BCUT2D eigenvalue weighted by atomic mass is 9.67. The Morgan fingerprint density at radius 2 is 2.05 bits per heavy atom. The third-order valence-corrected chi connectivity index (χ3v) is 7.20. The normalized spacial score (nSPS) is 23.5. The average Bonchev–Trinajstić information content (AvgIpc) is 2.90. The van der Waals surface area contributed by atoms with Crippen LogP contribution in [0, 0.1) is 11.7 Å². The van der Waals surface area contributed by atoms with Gasteiger partial charge in [0.25, 0.3) is 5.91 Å². The van der Waals surface area contributed by atoms with Gasteiger partial charge in [-0.1, -0.05) is 19.4 Å². The van der Waals surface area contributed by atoms with Crippen molar-refractivity contribution in [2.45, 2.75) is 43.8 Å². The number of methoxy groups -OCH3 is 1. The van der Waals surface area contributed by atoms with E-state index in [4.69, 9.17) is 10.5 Å². The summed E-state index contributed by atoms with van der Waals surface area (Å²) in [4.78, 5) is 21.7. The molecule has 0 aliphatic heterocycles. The number of anilines is 2. The molecule has 0 unspecified atom stereocenters. The number of carbonyl (C=O) groups is 1. The van der Waals surface area contributed by atoms with Gasteiger partial charge < -0.3 is 26.0 Å². The second-order valence-electron chi connectivity index (χ2n) is 9.28. The predicted octanol–water partition coefficient (Wildman–Crippen LogP) is 4.09. The van der Waals surface area contributed by atoms with E-state index in [-0.39, 0.29) is 40.7 Å². The van der Waals surface area contributed by atoms with Crippen LogP contribution in [0.5, 0.6) is 5.75 Å². The van der Waals surface area contributed by atoms with Gasteiger partial charge in [-0.15, -0.1) is 0 Å². The van der Waals surface area contributed by atoms with Crippen LogP contribution in [-0.4, -0.2) is 51.6 Å². The molecule has 2 aromatic heterocycles. The third-order valence-electron chi connectivity index (χ3n) is 7.20. The molecular formula is C27H30F2N4O4. The summed E-state index contributed by atoms with van der Waals surface area (Å²) in [5.74, 6) is -1.66. The van der Waals surface area contributed by atoms with Crippen LogP contribution in [0.2, 0.25) is 0 Å². The van der Waals surface area contributed by atoms with Gasteiger partial charge in [0.2, 0.25) is 0 Å². The van der Waals surface area contributed by atoms with E-state index in [0.717, 1.165) is 0 Å². The van der Waals surface area contributed by atoms with Gasteiger partial charge in [-0.25, -0.2) is 13.8 Å². The highest BCUT2D eigenvalue weighted by molar-refractivity contribution is 6.07. The number of amides is 1. The van der Waals surface area contributed by atoms with Gasteiger partial charge in [-0.2, -0.15) is 0 Å². The van der Waals surface area contributed by atoms with Crippen molar-refractivity contribution in [3.8, 4) is 17.0 Å². The van der Waals surface area contributed by atoms with Crippen molar-refractivity contribution in [1.29, 1.82) is 0 Å². The number of rotatable bonds is 7. The fourth-order valence-electron chi connectivity index (χ4n) is 5.12. The van der Waals surface area contributed by atoms with Crippen molar-refractivity contribution in [3.63, 3.8) is 0 Å². The van der Waals surface area contributed by atoms with Crippen LogP contribution in [0.25, 0.3) is 11.3 Å². The summed E-state index contributed by atoms with van der Waals surface area (Å²) in [6, 6.07) is 9.05. The molecule has 1 fully saturated rings. The topological polar surface area (TPSA) is 131 Å². The van der Waals surface area contributed by atoms with E-state index in [0.29, 0.717) is 24.1 Å². The van der Waals surface area contributed by atoms with Crippen LogP contribution in [0.1, 0.15) is 48.2 Å². The Kier molecular flexibility index (Phi) is 7.70. The zero-order chi connectivity index (χ0) is 26.7. The number of nitrogens with two attached hydrogens (primary N) is 1. The van der Waals surface area contributed by atoms with Crippen LogP contribution < -0.4 is 15.8 Å². The molecule has 4 rings (SSSR count). The fourth-order valence-corrected chi connectivity index (χ4v) is 5.12. The Balaban J connectivity index is 1.64. The van der Waals surface area contributed by atoms with E-state index in [2.05, 4.69) is 15.3 Å². The molecule has 10 heteroatoms. The number of alkyl halides is 1. The van der Waals surface area contributed by atoms with Gasteiger partial charge in [0.15, 0.2) is 5.69 Å². The molecule has 37 heavy (non-hydrogen) atoms. The molecule has 3 aromatic rings. The second kappa shape index (κ2) is 10.8. The van der Waals surface area contributed by atoms with Gasteiger partial charge in [-0.3, -0.25) is 9.78 Å². The van der Waals surface area contributed by atoms with Crippen LogP contribution >= 0.6 is 0 Å². The molecule has 0 saturated heterocycles. The minimum atomic E-state index is -1.80. The number of hydrogen-bond acceptors (Lipinski definition) is 7. The lowest BCUT2D eigenvalue weighted by Crippen LogP contribution is -2.54. The monoisotopic (exact) mass is 512 g/mol. The minimum absolute atomic E-state index is 0.0918. The molecule has 0 radical (unpaired) electrons. The van der Waals surface area contributed by atoms with E-state index in [1.165, 1.54) is 37.6 Å². The summed E-state index contributed by atoms with van der Waals surface area (Å²) in [7, 11) is 1.41. The minimum Gasteiger partial charge on any atom is -0.496 e. The molecule has 1 aliphatic rings. The van der Waals surface area contributed by atoms with Crippen molar-refractivity contribution in [1.82, 2.24) is 9.97 Å². The van der Waals surface area contributed by atoms with Crippen molar-refractivity contribution >= 4 is 17.3 Å². The summed E-state index contributed by atoms with van der Waals surface area (Å²) in [5.41, 5.74) is 5.57. The first-order chi connectivity index (χ1) is 17.7. The molecule has 1 aromatic carbocycles. The van der Waals surface area contributed by atoms with E-state index < -0.39 is 36.0 Å². The largest absolute Gasteiger partial charge is 0.496 e. The van der Waals surface area contributed by atoms with E-state index >= 15 is 0 Å². The van der Waals surface area contributed by atoms with Gasteiger partial charge in [0.05, 0.1) is 42.0 Å². The van der Waals surface area contributed by atoms with Crippen molar-refractivity contribution < 1.29 is 28.5 Å². The van der Waals surface area contributed by atoms with Gasteiger partial charge in [0, 0.05) is 6.20 Å². The quantitative estimate of drug-likeness (QED) is 0.375. The number of carbonyl (C=O) groups excluding carboxylic acids is 1. The fraction of sp³-hybridized carbons (Fsp3) is 0.370. The molecule has 196 valence electrons. The number of nitrogen functional groups attached to an aromatic ring is 1. The number of nitrogens with one attached hydrogen (secondary N) is 1. The lowest BCUT2D eigenvalue weighted by Gasteiger charge is -2.45. The standard InChI is InChI=1S/C27H30F2N4O4/c1-3-16-11-15(12-23(34)27(16,36)14-28)17-9-10-31-13-21(17)33-26(35)25-19(30)7-8-20(32-25)24-18(29)5-4-6-22(24)37-2/h4-10,13,15-16,23,34,36H,3,11-12,14,30H2,1-2H3,(H,33,35)/t15-,16+,23-,27-/m0/s1. The summed E-state index contributed by atoms with van der Waals surface area (Å²) in [6.07, 6.45) is 2.79. The first-order valence-electron chi connectivity index (χ1n) is 12.0. The van der Waals surface area contributed by atoms with Crippen molar-refractivity contribution in [2.75, 3.05) is 24.8 Å². The number of nitrogens with zero attached hydrogens (tertiary/aromatic N) is 2. The van der Waals surface area contributed by atoms with Crippen LogP contribution in [0.4, 0.5) is 20.2 Å². The highest BCUT2D eigenvalue weighted by Crippen LogP contribution is 2.45. The maximum Gasteiger partial charge on any atom is 0.276 e. The number of aliphatic hydroxyl groups is 2. The SMILES string of the molecule is CC[C@@H]1C[C@H](c2ccncc2NC(=O)c2nc(-c3c(F)cccc3OC)ccc2N)C[C@H](O)[C@]1(O)CF. The van der Waals surface area contributed by atoms with E-state index in [9.17, 15) is 23.8 Å². The zero-order valence-electron chi connectivity index (χ0n) is 20.6. The Morgan fingerprint density at radius 1 is 1.27 bits per heavy atom. The molecule has 4 atom stereocenters. The smallest absolute Gasteiger partial charge is 0.276 e. The molecule has 2 heterocycles. The predicted molar refractivity (Wildman–Crippen MR) is 135 cm³/mol. The summed E-state index contributed by atoms with van der Waals surface area (Å²) < 4.78 is 33.5. The van der Waals surface area contributed by atoms with Crippen LogP contribution in [0.3, 0.4) is 0 Å². The molecule has 8 nitrogen and oxygen atoms in total. The lowest BCUT2D eigenvalue weighted by molar-refractivity contribution is -0.151. The Labute approximate surface area is 213 Å². The number of hydrogen-bond donors (Lipinski definition) is 4. The number of halogens is 2. The Bertz CT molecular complexity index is 1290. The first kappa shape index (κ1) is 26.4. The maximum atomic E-state index is 14.6. The highest BCUT2D eigenvalue weighted by Gasteiger charge is 2.48. The third kappa shape index (κ3) is 4.99. The molecule has 1 aliphatic carbocycles. The van der Waals surface area contributed by atoms with Gasteiger partial charge in [0.1, 0.15) is 23.8 Å². The van der Waals surface area contributed by atoms with Crippen LogP contribution in [0.15, 0.2) is 48.8 Å². The van der Waals surface area contributed by atoms with E-state index in [1.54, 1.807) is 18.3 Å². The molecule has 0 spiro atoms. The zero-order valence-corrected chi connectivity index (χ0v) is 20.6. The molecular weight excluding hydrogens is 482 g/mol. The highest BCUT2D eigenvalue weighted by atomic mass is 19.1. The molecule has 1 amide bonds. The van der Waals surface area contributed by atoms with Crippen LogP contribution in [-0.2, 0) is 0 Å². The van der Waals surface area contributed by atoms with Crippen molar-refractivity contribution in [3.05, 3.63) is 65.9 Å². The van der Waals surface area contributed by atoms with Crippen molar-refractivity contribution in [2.24, 2.45) is 5.92 Å². The summed E-state index contributed by atoms with van der Waals surface area (Å²) in [6.45, 7) is 0.801. The van der Waals surface area contributed by atoms with E-state index in [1.807, 2.05) is 6.92 Å². The second-order valence-corrected chi connectivity index (χ2v) is 9.28. The van der Waals surface area contributed by atoms with Gasteiger partial charge in [-0.05, 0) is 60.6 Å². The number of aromatic nitrogens is 2. The summed E-state index contributed by atoms with van der Waals surface area (Å²) >= 11 is 0. The maximum absolute atomic E-state index is 14.6. The first-order valence-corrected chi connectivity index (χ1v) is 12.0. The van der Waals surface area contributed by atoms with Gasteiger partial charge >= 0.3 is 0 Å². The molecule has 1 saturated carbocycles.